The lowest BCUT2D eigenvalue weighted by atomic mass is 10.2. The first-order valence-corrected chi connectivity index (χ1v) is 6.62. The molecule has 0 spiro atoms. The Balaban J connectivity index is 1.62. The minimum Gasteiger partial charge on any atom is -0.454 e. The zero-order chi connectivity index (χ0) is 12.6. The first kappa shape index (κ1) is 13.2. The third-order valence-corrected chi connectivity index (χ3v) is 3.00. The van der Waals surface area contributed by atoms with Gasteiger partial charge in [0.05, 0.1) is 0 Å². The molecule has 1 aromatic rings. The van der Waals surface area contributed by atoms with Crippen LogP contribution in [0.3, 0.4) is 0 Å². The van der Waals surface area contributed by atoms with E-state index >= 15 is 0 Å². The average molecular weight is 249 g/mol. The lowest BCUT2D eigenvalue weighted by molar-refractivity contribution is 0.174. The summed E-state index contributed by atoms with van der Waals surface area (Å²) in [5, 5.41) is 4.54. The van der Waals surface area contributed by atoms with Crippen LogP contribution in [0.4, 0.5) is 0 Å². The van der Waals surface area contributed by atoms with Crippen molar-refractivity contribution in [2.75, 3.05) is 19.9 Å². The van der Waals surface area contributed by atoms with Gasteiger partial charge in [-0.1, -0.05) is 18.9 Å². The van der Waals surface area contributed by atoms with Crippen LogP contribution in [0.15, 0.2) is 18.2 Å². The van der Waals surface area contributed by atoms with Crippen molar-refractivity contribution in [3.05, 3.63) is 23.8 Å². The monoisotopic (exact) mass is 249 g/mol. The molecule has 0 unspecified atom stereocenters. The van der Waals surface area contributed by atoms with E-state index in [9.17, 15) is 0 Å². The van der Waals surface area contributed by atoms with Gasteiger partial charge >= 0.3 is 0 Å². The minimum absolute atomic E-state index is 0.330. The van der Waals surface area contributed by atoms with Gasteiger partial charge in [0.2, 0.25) is 6.79 Å². The van der Waals surface area contributed by atoms with Crippen LogP contribution in [0, 0.1) is 0 Å². The number of unbranched alkanes of at least 4 members (excludes halogenated alkanes) is 3. The SMILES string of the molecule is NCCCCCC[N]Cc1ccc2c(c1)OCO2. The standard InChI is InChI=1S/C14H21N2O2/c15-7-3-1-2-4-8-16-10-12-5-6-13-14(9-12)18-11-17-13/h5-6,9H,1-4,7-8,10-11,15H2. The van der Waals surface area contributed by atoms with Crippen LogP contribution in [-0.4, -0.2) is 19.9 Å². The van der Waals surface area contributed by atoms with E-state index in [1.165, 1.54) is 18.4 Å². The van der Waals surface area contributed by atoms with Gasteiger partial charge < -0.3 is 15.2 Å². The molecule has 99 valence electrons. The van der Waals surface area contributed by atoms with Crippen molar-refractivity contribution in [1.82, 2.24) is 5.32 Å². The summed E-state index contributed by atoms with van der Waals surface area (Å²) >= 11 is 0. The van der Waals surface area contributed by atoms with Crippen LogP contribution in [0.5, 0.6) is 11.5 Å². The molecule has 4 heteroatoms. The van der Waals surface area contributed by atoms with E-state index in [0.717, 1.165) is 44.0 Å². The molecule has 0 saturated carbocycles. The fourth-order valence-electron chi connectivity index (χ4n) is 1.97. The molecule has 4 nitrogen and oxygen atoms in total. The quantitative estimate of drug-likeness (QED) is 0.717. The highest BCUT2D eigenvalue weighted by Gasteiger charge is 2.12. The van der Waals surface area contributed by atoms with Gasteiger partial charge in [-0.05, 0) is 37.1 Å². The molecule has 0 amide bonds. The zero-order valence-electron chi connectivity index (χ0n) is 10.7. The molecule has 1 aliphatic rings. The molecule has 0 atom stereocenters. The Morgan fingerprint density at radius 2 is 1.89 bits per heavy atom. The Morgan fingerprint density at radius 3 is 2.78 bits per heavy atom. The molecule has 0 fully saturated rings. The Kier molecular flexibility index (Phi) is 5.30. The molecule has 0 aromatic heterocycles. The average Bonchev–Trinajstić information content (AvgIpc) is 2.85. The maximum absolute atomic E-state index is 5.44. The lowest BCUT2D eigenvalue weighted by Crippen LogP contribution is -2.07. The highest BCUT2D eigenvalue weighted by molar-refractivity contribution is 5.44. The second-order valence-electron chi connectivity index (χ2n) is 4.50. The number of hydrogen-bond donors (Lipinski definition) is 1. The topological polar surface area (TPSA) is 58.6 Å². The van der Waals surface area contributed by atoms with E-state index in [1.807, 2.05) is 18.2 Å². The normalized spacial score (nSPS) is 12.9. The molecule has 2 N–H and O–H groups in total. The lowest BCUT2D eigenvalue weighted by Gasteiger charge is -2.04. The third-order valence-electron chi connectivity index (χ3n) is 3.00. The first-order chi connectivity index (χ1) is 8.90. The van der Waals surface area contributed by atoms with Crippen LogP contribution in [0.1, 0.15) is 31.2 Å². The van der Waals surface area contributed by atoms with Crippen molar-refractivity contribution >= 4 is 0 Å². The van der Waals surface area contributed by atoms with Gasteiger partial charge in [0, 0.05) is 13.1 Å². The number of nitrogens with zero attached hydrogens (tertiary/aromatic N) is 1. The fraction of sp³-hybridized carbons (Fsp3) is 0.571. The van der Waals surface area contributed by atoms with Crippen LogP contribution in [0.25, 0.3) is 0 Å². The van der Waals surface area contributed by atoms with Gasteiger partial charge in [-0.2, -0.15) is 0 Å². The Labute approximate surface area is 108 Å². The third kappa shape index (κ3) is 3.89. The van der Waals surface area contributed by atoms with Gasteiger partial charge in [-0.15, -0.1) is 0 Å². The molecule has 1 aliphatic heterocycles. The fourth-order valence-corrected chi connectivity index (χ4v) is 1.97. The highest BCUT2D eigenvalue weighted by atomic mass is 16.7. The van der Waals surface area contributed by atoms with Gasteiger partial charge in [-0.3, -0.25) is 0 Å². The summed E-state index contributed by atoms with van der Waals surface area (Å²) in [4.78, 5) is 0. The van der Waals surface area contributed by atoms with E-state index in [2.05, 4.69) is 5.32 Å². The van der Waals surface area contributed by atoms with Gasteiger partial charge in [0.25, 0.3) is 0 Å². The van der Waals surface area contributed by atoms with E-state index in [1.54, 1.807) is 0 Å². The summed E-state index contributed by atoms with van der Waals surface area (Å²) in [6.07, 6.45) is 4.73. The number of fused-ring (bicyclic) bond motifs is 1. The van der Waals surface area contributed by atoms with Crippen molar-refractivity contribution in [2.45, 2.75) is 32.2 Å². The Bertz CT molecular complexity index is 369. The summed E-state index contributed by atoms with van der Waals surface area (Å²) in [5.41, 5.74) is 6.63. The smallest absolute Gasteiger partial charge is 0.231 e. The molecule has 2 rings (SSSR count). The van der Waals surface area contributed by atoms with Crippen molar-refractivity contribution in [2.24, 2.45) is 5.73 Å². The summed E-state index contributed by atoms with van der Waals surface area (Å²) in [6.45, 7) is 2.82. The summed E-state index contributed by atoms with van der Waals surface area (Å²) in [5.74, 6) is 1.67. The van der Waals surface area contributed by atoms with Crippen molar-refractivity contribution in [3.63, 3.8) is 0 Å². The molecule has 1 aromatic carbocycles. The molecular formula is C14H21N2O2. The molecule has 0 saturated heterocycles. The molecular weight excluding hydrogens is 228 g/mol. The van der Waals surface area contributed by atoms with E-state index in [-0.39, 0.29) is 0 Å². The van der Waals surface area contributed by atoms with Crippen molar-refractivity contribution in [3.8, 4) is 11.5 Å². The number of benzene rings is 1. The van der Waals surface area contributed by atoms with Crippen LogP contribution < -0.4 is 20.5 Å². The largest absolute Gasteiger partial charge is 0.454 e. The minimum atomic E-state index is 0.330. The Hall–Kier alpha value is -1.26. The second kappa shape index (κ2) is 7.24. The van der Waals surface area contributed by atoms with Crippen LogP contribution in [-0.2, 0) is 6.54 Å². The Morgan fingerprint density at radius 1 is 1.06 bits per heavy atom. The van der Waals surface area contributed by atoms with E-state index in [4.69, 9.17) is 15.2 Å². The molecule has 1 radical (unpaired) electrons. The predicted molar refractivity (Wildman–Crippen MR) is 70.8 cm³/mol. The number of ether oxygens (including phenoxy) is 2. The van der Waals surface area contributed by atoms with Crippen LogP contribution in [0.2, 0.25) is 0 Å². The van der Waals surface area contributed by atoms with E-state index in [0.29, 0.717) is 6.79 Å². The number of nitrogens with two attached hydrogens (primary N) is 1. The molecule has 0 bridgehead atoms. The van der Waals surface area contributed by atoms with Gasteiger partial charge in [-0.25, -0.2) is 5.32 Å². The summed E-state index contributed by atoms with van der Waals surface area (Å²) < 4.78 is 10.6. The molecule has 1 heterocycles. The maximum Gasteiger partial charge on any atom is 0.231 e. The second-order valence-corrected chi connectivity index (χ2v) is 4.50. The van der Waals surface area contributed by atoms with Gasteiger partial charge in [0.1, 0.15) is 0 Å². The van der Waals surface area contributed by atoms with Gasteiger partial charge in [0.15, 0.2) is 11.5 Å². The first-order valence-electron chi connectivity index (χ1n) is 6.62. The van der Waals surface area contributed by atoms with Crippen molar-refractivity contribution < 1.29 is 9.47 Å². The number of hydrogen-bond acceptors (Lipinski definition) is 3. The maximum atomic E-state index is 5.44. The molecule has 0 aliphatic carbocycles. The molecule has 18 heavy (non-hydrogen) atoms. The number of rotatable bonds is 8. The van der Waals surface area contributed by atoms with E-state index < -0.39 is 0 Å². The van der Waals surface area contributed by atoms with Crippen LogP contribution >= 0.6 is 0 Å². The predicted octanol–water partition coefficient (Wildman–Crippen LogP) is 2.04. The summed E-state index contributed by atoms with van der Waals surface area (Å²) in [6, 6.07) is 6.01. The highest BCUT2D eigenvalue weighted by Crippen LogP contribution is 2.32. The zero-order valence-corrected chi connectivity index (χ0v) is 10.7. The van der Waals surface area contributed by atoms with Crippen molar-refractivity contribution in [1.29, 1.82) is 0 Å². The summed E-state index contributed by atoms with van der Waals surface area (Å²) in [7, 11) is 0.